The topological polar surface area (TPSA) is 65.5 Å². The number of amides is 2. The molecule has 1 aliphatic heterocycles. The molecular formula is C21H28N4O2S. The van der Waals surface area contributed by atoms with Crippen LogP contribution in [0.25, 0.3) is 10.6 Å². The molecule has 0 spiro atoms. The number of benzene rings is 1. The third-order valence-corrected chi connectivity index (χ3v) is 5.79. The van der Waals surface area contributed by atoms with Crippen LogP contribution >= 0.6 is 11.3 Å². The highest BCUT2D eigenvalue weighted by atomic mass is 32.1. The lowest BCUT2D eigenvalue weighted by atomic mass is 10.2. The van der Waals surface area contributed by atoms with Gasteiger partial charge in [-0.15, -0.1) is 11.3 Å². The summed E-state index contributed by atoms with van der Waals surface area (Å²) in [6.07, 6.45) is 2.08. The number of nitrogens with zero attached hydrogens (tertiary/aromatic N) is 3. The van der Waals surface area contributed by atoms with E-state index in [9.17, 15) is 9.59 Å². The van der Waals surface area contributed by atoms with Gasteiger partial charge in [0.25, 0.3) is 5.91 Å². The summed E-state index contributed by atoms with van der Waals surface area (Å²) < 4.78 is 0. The largest absolute Gasteiger partial charge is 0.355 e. The second-order valence-corrected chi connectivity index (χ2v) is 8.03. The number of hydrogen-bond donors (Lipinski definition) is 1. The van der Waals surface area contributed by atoms with Crippen LogP contribution in [0.1, 0.15) is 35.8 Å². The van der Waals surface area contributed by atoms with Crippen molar-refractivity contribution in [2.24, 2.45) is 0 Å². The summed E-state index contributed by atoms with van der Waals surface area (Å²) in [4.78, 5) is 33.2. The highest BCUT2D eigenvalue weighted by molar-refractivity contribution is 7.13. The number of carbonyl (C=O) groups excluding carboxylic acids is 2. The third kappa shape index (κ3) is 5.39. The summed E-state index contributed by atoms with van der Waals surface area (Å²) in [6, 6.07) is 8.17. The van der Waals surface area contributed by atoms with Crippen molar-refractivity contribution >= 4 is 23.2 Å². The van der Waals surface area contributed by atoms with Gasteiger partial charge in [-0.05, 0) is 13.3 Å². The Kier molecular flexibility index (Phi) is 7.17. The summed E-state index contributed by atoms with van der Waals surface area (Å²) in [6.45, 7) is 7.96. The molecule has 3 rings (SSSR count). The van der Waals surface area contributed by atoms with Crippen LogP contribution in [0.3, 0.4) is 0 Å². The molecule has 2 amide bonds. The molecular weight excluding hydrogens is 372 g/mol. The van der Waals surface area contributed by atoms with Gasteiger partial charge < -0.3 is 10.2 Å². The molecule has 6 nitrogen and oxygen atoms in total. The minimum Gasteiger partial charge on any atom is -0.355 e. The standard InChI is InChI=1S/C21H28N4O2S/c1-3-4-9-22-19(26)14-24-10-12-25(13-11-24)21(27)18-15-28-20(23-18)17-7-5-16(2)6-8-17/h5-8,15H,3-4,9-14H2,1-2H3,(H,22,26). The average Bonchev–Trinajstić information content (AvgIpc) is 3.19. The van der Waals surface area contributed by atoms with Crippen molar-refractivity contribution in [3.8, 4) is 10.6 Å². The zero-order valence-corrected chi connectivity index (χ0v) is 17.4. The van der Waals surface area contributed by atoms with Gasteiger partial charge in [0.2, 0.25) is 5.91 Å². The van der Waals surface area contributed by atoms with Crippen LogP contribution < -0.4 is 5.32 Å². The van der Waals surface area contributed by atoms with E-state index in [0.717, 1.165) is 30.0 Å². The molecule has 1 saturated heterocycles. The quantitative estimate of drug-likeness (QED) is 0.726. The minimum absolute atomic E-state index is 0.0262. The summed E-state index contributed by atoms with van der Waals surface area (Å²) >= 11 is 1.50. The predicted octanol–water partition coefficient (Wildman–Crippen LogP) is 2.79. The molecule has 1 aromatic heterocycles. The first kappa shape index (κ1) is 20.5. The molecule has 2 aromatic rings. The Bertz CT molecular complexity index is 795. The lowest BCUT2D eigenvalue weighted by molar-refractivity contribution is -0.122. The second-order valence-electron chi connectivity index (χ2n) is 7.18. The average molecular weight is 401 g/mol. The summed E-state index contributed by atoms with van der Waals surface area (Å²) in [7, 11) is 0. The summed E-state index contributed by atoms with van der Waals surface area (Å²) in [5.74, 6) is 0.0390. The number of aryl methyl sites for hydroxylation is 1. The van der Waals surface area contributed by atoms with Crippen molar-refractivity contribution in [3.63, 3.8) is 0 Å². The Balaban J connectivity index is 1.50. The van der Waals surface area contributed by atoms with Crippen LogP contribution in [0.5, 0.6) is 0 Å². The Morgan fingerprint density at radius 2 is 1.86 bits per heavy atom. The Hall–Kier alpha value is -2.25. The molecule has 0 unspecified atom stereocenters. The monoisotopic (exact) mass is 400 g/mol. The minimum atomic E-state index is -0.0262. The lowest BCUT2D eigenvalue weighted by Gasteiger charge is -2.33. The molecule has 0 atom stereocenters. The van der Waals surface area contributed by atoms with Gasteiger partial charge in [-0.25, -0.2) is 4.98 Å². The molecule has 28 heavy (non-hydrogen) atoms. The van der Waals surface area contributed by atoms with Gasteiger partial charge in [0.1, 0.15) is 10.7 Å². The Morgan fingerprint density at radius 1 is 1.14 bits per heavy atom. The maximum absolute atomic E-state index is 12.8. The fraction of sp³-hybridized carbons (Fsp3) is 0.476. The van der Waals surface area contributed by atoms with Crippen molar-refractivity contribution in [2.45, 2.75) is 26.7 Å². The normalized spacial score (nSPS) is 14.9. The zero-order valence-electron chi connectivity index (χ0n) is 16.6. The van der Waals surface area contributed by atoms with Gasteiger partial charge in [-0.3, -0.25) is 14.5 Å². The van der Waals surface area contributed by atoms with Gasteiger partial charge >= 0.3 is 0 Å². The number of aromatic nitrogens is 1. The van der Waals surface area contributed by atoms with E-state index in [2.05, 4.69) is 41.2 Å². The van der Waals surface area contributed by atoms with Crippen LogP contribution in [-0.4, -0.2) is 65.9 Å². The maximum Gasteiger partial charge on any atom is 0.273 e. The fourth-order valence-electron chi connectivity index (χ4n) is 3.14. The van der Waals surface area contributed by atoms with Gasteiger partial charge in [-0.1, -0.05) is 43.2 Å². The SMILES string of the molecule is CCCCNC(=O)CN1CCN(C(=O)c2csc(-c3ccc(C)cc3)n2)CC1. The van der Waals surface area contributed by atoms with E-state index in [1.807, 2.05) is 22.4 Å². The molecule has 2 heterocycles. The molecule has 0 bridgehead atoms. The van der Waals surface area contributed by atoms with Crippen LogP contribution in [0, 0.1) is 6.92 Å². The molecule has 1 aliphatic rings. The highest BCUT2D eigenvalue weighted by Gasteiger charge is 2.24. The number of carbonyl (C=O) groups is 2. The highest BCUT2D eigenvalue weighted by Crippen LogP contribution is 2.24. The number of rotatable bonds is 7. The Morgan fingerprint density at radius 3 is 2.54 bits per heavy atom. The number of unbranched alkanes of at least 4 members (excludes halogenated alkanes) is 1. The van der Waals surface area contributed by atoms with E-state index in [1.54, 1.807) is 0 Å². The van der Waals surface area contributed by atoms with Crippen molar-refractivity contribution in [1.29, 1.82) is 0 Å². The van der Waals surface area contributed by atoms with E-state index in [-0.39, 0.29) is 11.8 Å². The molecule has 1 fully saturated rings. The van der Waals surface area contributed by atoms with E-state index >= 15 is 0 Å². The molecule has 0 radical (unpaired) electrons. The van der Waals surface area contributed by atoms with E-state index in [1.165, 1.54) is 16.9 Å². The first-order valence-electron chi connectivity index (χ1n) is 9.87. The number of thiazole rings is 1. The maximum atomic E-state index is 12.8. The molecule has 0 saturated carbocycles. The second kappa shape index (κ2) is 9.80. The van der Waals surface area contributed by atoms with Crippen molar-refractivity contribution in [2.75, 3.05) is 39.3 Å². The molecule has 1 N–H and O–H groups in total. The summed E-state index contributed by atoms with van der Waals surface area (Å²) in [5.41, 5.74) is 2.74. The number of nitrogens with one attached hydrogen (secondary N) is 1. The van der Waals surface area contributed by atoms with Crippen molar-refractivity contribution < 1.29 is 9.59 Å². The molecule has 1 aromatic carbocycles. The number of hydrogen-bond acceptors (Lipinski definition) is 5. The van der Waals surface area contributed by atoms with E-state index in [0.29, 0.717) is 38.4 Å². The number of piperazine rings is 1. The Labute approximate surface area is 170 Å². The molecule has 0 aliphatic carbocycles. The summed E-state index contributed by atoms with van der Waals surface area (Å²) in [5, 5.41) is 5.65. The van der Waals surface area contributed by atoms with Gasteiger partial charge in [-0.2, -0.15) is 0 Å². The van der Waals surface area contributed by atoms with Crippen molar-refractivity contribution in [1.82, 2.24) is 20.1 Å². The smallest absolute Gasteiger partial charge is 0.273 e. The van der Waals surface area contributed by atoms with Crippen LogP contribution in [0.4, 0.5) is 0 Å². The zero-order chi connectivity index (χ0) is 19.9. The third-order valence-electron chi connectivity index (χ3n) is 4.90. The van der Waals surface area contributed by atoms with Gasteiger partial charge in [0.15, 0.2) is 0 Å². The fourth-order valence-corrected chi connectivity index (χ4v) is 3.94. The van der Waals surface area contributed by atoms with Gasteiger partial charge in [0.05, 0.1) is 6.54 Å². The molecule has 7 heteroatoms. The van der Waals surface area contributed by atoms with Crippen LogP contribution in [0.2, 0.25) is 0 Å². The van der Waals surface area contributed by atoms with E-state index < -0.39 is 0 Å². The van der Waals surface area contributed by atoms with Crippen LogP contribution in [-0.2, 0) is 4.79 Å². The first-order valence-corrected chi connectivity index (χ1v) is 10.8. The van der Waals surface area contributed by atoms with Gasteiger partial charge in [0, 0.05) is 43.7 Å². The predicted molar refractivity (Wildman–Crippen MR) is 113 cm³/mol. The van der Waals surface area contributed by atoms with E-state index in [4.69, 9.17) is 0 Å². The van der Waals surface area contributed by atoms with Crippen molar-refractivity contribution in [3.05, 3.63) is 40.9 Å². The molecule has 150 valence electrons. The lowest BCUT2D eigenvalue weighted by Crippen LogP contribution is -2.51. The van der Waals surface area contributed by atoms with Crippen LogP contribution in [0.15, 0.2) is 29.6 Å². The first-order chi connectivity index (χ1) is 13.6.